The zero-order valence-corrected chi connectivity index (χ0v) is 14.3. The number of hydrogen-bond acceptors (Lipinski definition) is 8. The SMILES string of the molecule is COc1ccnc(N2CCN(c3nc(C)nc4cnccc34)CC2)n1. The molecule has 0 aromatic carbocycles. The standard InChI is InChI=1S/C17H19N7O/c1-12-20-14-11-18-5-3-13(14)16(21-12)23-7-9-24(10-8-23)17-19-6-4-15(22-17)25-2/h3-6,11H,7-10H2,1-2H3. The van der Waals surface area contributed by atoms with Crippen LogP contribution in [0, 0.1) is 6.92 Å². The summed E-state index contributed by atoms with van der Waals surface area (Å²) in [7, 11) is 1.61. The molecule has 1 saturated heterocycles. The van der Waals surface area contributed by atoms with Gasteiger partial charge in [-0.05, 0) is 13.0 Å². The molecule has 8 heteroatoms. The van der Waals surface area contributed by atoms with Crippen molar-refractivity contribution in [1.82, 2.24) is 24.9 Å². The molecule has 0 bridgehead atoms. The monoisotopic (exact) mass is 337 g/mol. The molecule has 4 rings (SSSR count). The van der Waals surface area contributed by atoms with Crippen molar-refractivity contribution in [2.24, 2.45) is 0 Å². The van der Waals surface area contributed by atoms with Crippen LogP contribution >= 0.6 is 0 Å². The van der Waals surface area contributed by atoms with E-state index < -0.39 is 0 Å². The highest BCUT2D eigenvalue weighted by Crippen LogP contribution is 2.25. The molecule has 0 amide bonds. The maximum Gasteiger partial charge on any atom is 0.228 e. The number of methoxy groups -OCH3 is 1. The minimum absolute atomic E-state index is 0.581. The Morgan fingerprint density at radius 1 is 0.960 bits per heavy atom. The number of aromatic nitrogens is 5. The first kappa shape index (κ1) is 15.5. The maximum atomic E-state index is 5.19. The van der Waals surface area contributed by atoms with Gasteiger partial charge in [-0.15, -0.1) is 0 Å². The van der Waals surface area contributed by atoms with Crippen LogP contribution < -0.4 is 14.5 Å². The first-order chi connectivity index (χ1) is 12.2. The molecule has 0 N–H and O–H groups in total. The van der Waals surface area contributed by atoms with Crippen LogP contribution in [0.5, 0.6) is 5.88 Å². The minimum atomic E-state index is 0.581. The summed E-state index contributed by atoms with van der Waals surface area (Å²) in [6.45, 7) is 5.24. The molecule has 0 saturated carbocycles. The highest BCUT2D eigenvalue weighted by molar-refractivity contribution is 5.88. The zero-order valence-electron chi connectivity index (χ0n) is 14.3. The maximum absolute atomic E-state index is 5.19. The van der Waals surface area contributed by atoms with E-state index >= 15 is 0 Å². The number of hydrogen-bond donors (Lipinski definition) is 0. The Labute approximate surface area is 145 Å². The lowest BCUT2D eigenvalue weighted by Gasteiger charge is -2.35. The molecular formula is C17H19N7O. The van der Waals surface area contributed by atoms with Crippen molar-refractivity contribution in [2.45, 2.75) is 6.92 Å². The van der Waals surface area contributed by atoms with E-state index in [0.717, 1.165) is 48.7 Å². The van der Waals surface area contributed by atoms with Crippen LogP contribution in [0.4, 0.5) is 11.8 Å². The van der Waals surface area contributed by atoms with E-state index in [9.17, 15) is 0 Å². The number of pyridine rings is 1. The predicted octanol–water partition coefficient (Wildman–Crippen LogP) is 1.46. The molecular weight excluding hydrogens is 318 g/mol. The fourth-order valence-electron chi connectivity index (χ4n) is 3.03. The van der Waals surface area contributed by atoms with Crippen LogP contribution in [0.3, 0.4) is 0 Å². The van der Waals surface area contributed by atoms with Gasteiger partial charge in [0.2, 0.25) is 11.8 Å². The lowest BCUT2D eigenvalue weighted by atomic mass is 10.2. The highest BCUT2D eigenvalue weighted by atomic mass is 16.5. The zero-order chi connectivity index (χ0) is 17.2. The molecule has 0 radical (unpaired) electrons. The normalized spacial score (nSPS) is 14.8. The lowest BCUT2D eigenvalue weighted by molar-refractivity contribution is 0.396. The number of rotatable bonds is 3. The van der Waals surface area contributed by atoms with Gasteiger partial charge >= 0.3 is 0 Å². The van der Waals surface area contributed by atoms with Gasteiger partial charge in [-0.2, -0.15) is 4.98 Å². The molecule has 0 aliphatic carbocycles. The first-order valence-corrected chi connectivity index (χ1v) is 8.20. The highest BCUT2D eigenvalue weighted by Gasteiger charge is 2.22. The van der Waals surface area contributed by atoms with Gasteiger partial charge in [0.05, 0.1) is 18.8 Å². The number of piperazine rings is 1. The van der Waals surface area contributed by atoms with E-state index in [4.69, 9.17) is 4.74 Å². The molecule has 1 aliphatic rings. The van der Waals surface area contributed by atoms with Crippen molar-refractivity contribution in [1.29, 1.82) is 0 Å². The third-order valence-electron chi connectivity index (χ3n) is 4.28. The Bertz CT molecular complexity index is 893. The number of nitrogens with zero attached hydrogens (tertiary/aromatic N) is 7. The molecule has 0 atom stereocenters. The average Bonchev–Trinajstić information content (AvgIpc) is 2.67. The van der Waals surface area contributed by atoms with Gasteiger partial charge in [0.15, 0.2) is 0 Å². The summed E-state index contributed by atoms with van der Waals surface area (Å²) >= 11 is 0. The molecule has 1 fully saturated rings. The Kier molecular flexibility index (Phi) is 4.01. The van der Waals surface area contributed by atoms with Crippen LogP contribution in [0.15, 0.2) is 30.7 Å². The Hall–Kier alpha value is -3.03. The number of anilines is 2. The molecule has 0 spiro atoms. The van der Waals surface area contributed by atoms with Crippen LogP contribution in [-0.4, -0.2) is 58.2 Å². The Morgan fingerprint density at radius 2 is 1.76 bits per heavy atom. The van der Waals surface area contributed by atoms with Crippen molar-refractivity contribution in [2.75, 3.05) is 43.1 Å². The Morgan fingerprint density at radius 3 is 2.56 bits per heavy atom. The third kappa shape index (κ3) is 3.02. The fraction of sp³-hybridized carbons (Fsp3) is 0.353. The van der Waals surface area contributed by atoms with Crippen LogP contribution in [0.25, 0.3) is 10.9 Å². The van der Waals surface area contributed by atoms with Crippen molar-refractivity contribution in [3.05, 3.63) is 36.5 Å². The second-order valence-electron chi connectivity index (χ2n) is 5.86. The predicted molar refractivity (Wildman–Crippen MR) is 95.1 cm³/mol. The van der Waals surface area contributed by atoms with Gasteiger partial charge in [0.25, 0.3) is 0 Å². The van der Waals surface area contributed by atoms with Crippen LogP contribution in [0.1, 0.15) is 5.82 Å². The van der Waals surface area contributed by atoms with Gasteiger partial charge in [-0.25, -0.2) is 15.0 Å². The molecule has 8 nitrogen and oxygen atoms in total. The van der Waals surface area contributed by atoms with E-state index in [1.165, 1.54) is 0 Å². The fourth-order valence-corrected chi connectivity index (χ4v) is 3.03. The smallest absolute Gasteiger partial charge is 0.228 e. The summed E-state index contributed by atoms with van der Waals surface area (Å²) in [6, 6.07) is 3.73. The second kappa shape index (κ2) is 6.46. The summed E-state index contributed by atoms with van der Waals surface area (Å²) in [6.07, 6.45) is 5.29. The molecule has 128 valence electrons. The largest absolute Gasteiger partial charge is 0.481 e. The van der Waals surface area contributed by atoms with Crippen molar-refractivity contribution < 1.29 is 4.74 Å². The number of ether oxygens (including phenoxy) is 1. The van der Waals surface area contributed by atoms with Gasteiger partial charge in [0.1, 0.15) is 11.6 Å². The van der Waals surface area contributed by atoms with Gasteiger partial charge in [-0.1, -0.05) is 0 Å². The van der Waals surface area contributed by atoms with Crippen LogP contribution in [0.2, 0.25) is 0 Å². The second-order valence-corrected chi connectivity index (χ2v) is 5.86. The summed E-state index contributed by atoms with van der Waals surface area (Å²) in [4.78, 5) is 26.5. The van der Waals surface area contributed by atoms with E-state index in [0.29, 0.717) is 11.8 Å². The van der Waals surface area contributed by atoms with Crippen molar-refractivity contribution >= 4 is 22.7 Å². The van der Waals surface area contributed by atoms with Gasteiger partial charge in [0, 0.05) is 50.0 Å². The summed E-state index contributed by atoms with van der Waals surface area (Å²) in [5.41, 5.74) is 0.878. The van der Waals surface area contributed by atoms with E-state index in [1.54, 1.807) is 31.8 Å². The van der Waals surface area contributed by atoms with E-state index in [2.05, 4.69) is 34.7 Å². The first-order valence-electron chi connectivity index (χ1n) is 8.20. The van der Waals surface area contributed by atoms with Crippen LogP contribution in [-0.2, 0) is 0 Å². The quantitative estimate of drug-likeness (QED) is 0.711. The van der Waals surface area contributed by atoms with Crippen molar-refractivity contribution in [3.63, 3.8) is 0 Å². The molecule has 1 aliphatic heterocycles. The summed E-state index contributed by atoms with van der Waals surface area (Å²) in [5, 5.41) is 1.03. The molecule has 0 unspecified atom stereocenters. The van der Waals surface area contributed by atoms with Crippen molar-refractivity contribution in [3.8, 4) is 5.88 Å². The summed E-state index contributed by atoms with van der Waals surface area (Å²) in [5.74, 6) is 3.01. The number of fused-ring (bicyclic) bond motifs is 1. The summed E-state index contributed by atoms with van der Waals surface area (Å²) < 4.78 is 5.19. The third-order valence-corrected chi connectivity index (χ3v) is 4.28. The molecule has 3 aromatic heterocycles. The van der Waals surface area contributed by atoms with Gasteiger partial charge in [-0.3, -0.25) is 4.98 Å². The van der Waals surface area contributed by atoms with E-state index in [1.807, 2.05) is 13.0 Å². The topological polar surface area (TPSA) is 80.2 Å². The molecule has 4 heterocycles. The van der Waals surface area contributed by atoms with E-state index in [-0.39, 0.29) is 0 Å². The van der Waals surface area contributed by atoms with Gasteiger partial charge < -0.3 is 14.5 Å². The molecule has 3 aromatic rings. The lowest BCUT2D eigenvalue weighted by Crippen LogP contribution is -2.47. The molecule has 25 heavy (non-hydrogen) atoms. The number of aryl methyl sites for hydroxylation is 1. The minimum Gasteiger partial charge on any atom is -0.481 e. The Balaban J connectivity index is 1.56. The average molecular weight is 337 g/mol.